The number of ether oxygens (including phenoxy) is 3. The molecular weight excluding hydrogens is 540 g/mol. The number of esters is 1. The summed E-state index contributed by atoms with van der Waals surface area (Å²) in [4.78, 5) is 30.5. The lowest BCUT2D eigenvalue weighted by Crippen LogP contribution is -2.47. The number of amides is 1. The van der Waals surface area contributed by atoms with E-state index in [1.807, 2.05) is 57.2 Å². The number of aliphatic hydroxyl groups excluding tert-OH is 1. The Hall–Kier alpha value is -2.91. The standard InChI is InChI=1S/C28H35BrN2O6/c1-27(2,3)37-24(33)13-15-28(26(34)30-16-14-20-5-9-22(29)10-6-20)19-36-25(31-28)21-7-11-23(12-8-21)35-18-4-17-32/h5-12,32H,4,13-19H2,1-3H3,(H,30,34)/t28-/m1/s1. The molecule has 1 atom stereocenters. The van der Waals surface area contributed by atoms with Crippen molar-refractivity contribution in [1.29, 1.82) is 0 Å². The van der Waals surface area contributed by atoms with Crippen molar-refractivity contribution in [2.45, 2.75) is 57.6 Å². The van der Waals surface area contributed by atoms with Gasteiger partial charge in [-0.15, -0.1) is 0 Å². The number of carbonyl (C=O) groups excluding carboxylic acids is 2. The number of benzene rings is 2. The van der Waals surface area contributed by atoms with E-state index in [1.54, 1.807) is 12.1 Å². The van der Waals surface area contributed by atoms with Crippen LogP contribution in [0.15, 0.2) is 58.0 Å². The Morgan fingerprint density at radius 1 is 1.14 bits per heavy atom. The van der Waals surface area contributed by atoms with E-state index in [-0.39, 0.29) is 37.9 Å². The Balaban J connectivity index is 1.72. The number of aliphatic hydroxyl groups is 1. The van der Waals surface area contributed by atoms with Gasteiger partial charge in [-0.1, -0.05) is 28.1 Å². The average Bonchev–Trinajstić information content (AvgIpc) is 3.29. The quantitative estimate of drug-likeness (QED) is 0.290. The van der Waals surface area contributed by atoms with Crippen LogP contribution in [0.1, 0.15) is 51.2 Å². The van der Waals surface area contributed by atoms with Gasteiger partial charge >= 0.3 is 5.97 Å². The summed E-state index contributed by atoms with van der Waals surface area (Å²) in [6.07, 6.45) is 1.41. The number of aliphatic imine (C=N–C) groups is 1. The Morgan fingerprint density at radius 3 is 2.49 bits per heavy atom. The molecule has 0 radical (unpaired) electrons. The van der Waals surface area contributed by atoms with Crippen LogP contribution in [0.4, 0.5) is 0 Å². The number of nitrogens with zero attached hydrogens (tertiary/aromatic N) is 1. The molecule has 37 heavy (non-hydrogen) atoms. The second-order valence-corrected chi connectivity index (χ2v) is 10.8. The highest BCUT2D eigenvalue weighted by Crippen LogP contribution is 2.29. The molecule has 3 rings (SSSR count). The van der Waals surface area contributed by atoms with E-state index in [9.17, 15) is 9.59 Å². The summed E-state index contributed by atoms with van der Waals surface area (Å²) < 4.78 is 17.9. The number of halogens is 1. The van der Waals surface area contributed by atoms with Gasteiger partial charge in [-0.3, -0.25) is 9.59 Å². The van der Waals surface area contributed by atoms with E-state index in [0.717, 1.165) is 10.0 Å². The van der Waals surface area contributed by atoms with E-state index < -0.39 is 11.1 Å². The number of rotatable bonds is 12. The fourth-order valence-corrected chi connectivity index (χ4v) is 4.00. The topological polar surface area (TPSA) is 106 Å². The zero-order chi connectivity index (χ0) is 26.9. The van der Waals surface area contributed by atoms with Gasteiger partial charge in [0.1, 0.15) is 18.0 Å². The zero-order valence-electron chi connectivity index (χ0n) is 21.6. The van der Waals surface area contributed by atoms with Gasteiger partial charge in [0.05, 0.1) is 6.61 Å². The smallest absolute Gasteiger partial charge is 0.306 e. The fourth-order valence-electron chi connectivity index (χ4n) is 3.74. The number of hydrogen-bond acceptors (Lipinski definition) is 7. The molecule has 1 amide bonds. The van der Waals surface area contributed by atoms with E-state index >= 15 is 0 Å². The third-order valence-corrected chi connectivity index (χ3v) is 6.16. The van der Waals surface area contributed by atoms with Crippen LogP contribution >= 0.6 is 15.9 Å². The van der Waals surface area contributed by atoms with Crippen LogP contribution in [0.25, 0.3) is 0 Å². The summed E-state index contributed by atoms with van der Waals surface area (Å²) in [5, 5.41) is 11.9. The van der Waals surface area contributed by atoms with E-state index in [2.05, 4.69) is 21.2 Å². The largest absolute Gasteiger partial charge is 0.494 e. The summed E-state index contributed by atoms with van der Waals surface area (Å²) >= 11 is 3.43. The predicted molar refractivity (Wildman–Crippen MR) is 145 cm³/mol. The van der Waals surface area contributed by atoms with Gasteiger partial charge in [0, 0.05) is 36.0 Å². The van der Waals surface area contributed by atoms with E-state index in [0.29, 0.717) is 43.2 Å². The molecule has 0 saturated carbocycles. The fraction of sp³-hybridized carbons (Fsp3) is 0.464. The lowest BCUT2D eigenvalue weighted by Gasteiger charge is -2.24. The molecule has 2 aromatic carbocycles. The maximum atomic E-state index is 13.4. The molecule has 0 fully saturated rings. The minimum atomic E-state index is -1.23. The highest BCUT2D eigenvalue weighted by molar-refractivity contribution is 9.10. The van der Waals surface area contributed by atoms with E-state index in [1.165, 1.54) is 0 Å². The van der Waals surface area contributed by atoms with Crippen molar-refractivity contribution in [3.05, 3.63) is 64.1 Å². The molecule has 2 aromatic rings. The molecular formula is C28H35BrN2O6. The monoisotopic (exact) mass is 574 g/mol. The second kappa shape index (κ2) is 13.1. The molecule has 1 heterocycles. The average molecular weight is 576 g/mol. The summed E-state index contributed by atoms with van der Waals surface area (Å²) in [6.45, 7) is 6.37. The molecule has 0 bridgehead atoms. The van der Waals surface area contributed by atoms with Gasteiger partial charge in [-0.05, 0) is 75.6 Å². The Morgan fingerprint density at radius 2 is 1.84 bits per heavy atom. The molecule has 200 valence electrons. The minimum Gasteiger partial charge on any atom is -0.494 e. The van der Waals surface area contributed by atoms with Crippen molar-refractivity contribution in [3.8, 4) is 5.75 Å². The third kappa shape index (κ3) is 8.86. The zero-order valence-corrected chi connectivity index (χ0v) is 23.2. The van der Waals surface area contributed by atoms with Crippen LogP contribution in [0.5, 0.6) is 5.75 Å². The summed E-state index contributed by atoms with van der Waals surface area (Å²) in [6, 6.07) is 15.1. The van der Waals surface area contributed by atoms with Crippen LogP contribution in [-0.2, 0) is 25.5 Å². The second-order valence-electron chi connectivity index (χ2n) is 9.91. The first-order valence-corrected chi connectivity index (χ1v) is 13.2. The van der Waals surface area contributed by atoms with E-state index in [4.69, 9.17) is 24.3 Å². The lowest BCUT2D eigenvalue weighted by atomic mass is 9.94. The number of nitrogens with one attached hydrogen (secondary N) is 1. The van der Waals surface area contributed by atoms with Gasteiger partial charge in [-0.2, -0.15) is 0 Å². The molecule has 1 aliphatic rings. The first-order valence-electron chi connectivity index (χ1n) is 12.4. The maximum Gasteiger partial charge on any atom is 0.306 e. The Labute approximate surface area is 226 Å². The Kier molecular flexibility index (Phi) is 10.1. The summed E-state index contributed by atoms with van der Waals surface area (Å²) in [7, 11) is 0. The molecule has 1 aliphatic heterocycles. The van der Waals surface area contributed by atoms with Crippen molar-refractivity contribution in [3.63, 3.8) is 0 Å². The lowest BCUT2D eigenvalue weighted by molar-refractivity contribution is -0.155. The molecule has 0 aromatic heterocycles. The summed E-state index contributed by atoms with van der Waals surface area (Å²) in [5.41, 5.74) is -0.0446. The molecule has 0 spiro atoms. The van der Waals surface area contributed by atoms with Crippen molar-refractivity contribution in [1.82, 2.24) is 5.32 Å². The molecule has 2 N–H and O–H groups in total. The molecule has 8 nitrogen and oxygen atoms in total. The van der Waals surface area contributed by atoms with Crippen molar-refractivity contribution >= 4 is 33.7 Å². The van der Waals surface area contributed by atoms with Crippen molar-refractivity contribution in [2.75, 3.05) is 26.4 Å². The van der Waals surface area contributed by atoms with Crippen LogP contribution in [0.3, 0.4) is 0 Å². The predicted octanol–water partition coefficient (Wildman–Crippen LogP) is 4.21. The normalized spacial score (nSPS) is 17.1. The molecule has 0 aliphatic carbocycles. The highest BCUT2D eigenvalue weighted by Gasteiger charge is 2.44. The van der Waals surface area contributed by atoms with Gasteiger partial charge in [-0.25, -0.2) is 4.99 Å². The summed E-state index contributed by atoms with van der Waals surface area (Å²) in [5.74, 6) is 0.335. The van der Waals surface area contributed by atoms with Crippen LogP contribution in [0.2, 0.25) is 0 Å². The molecule has 0 saturated heterocycles. The van der Waals surface area contributed by atoms with Gasteiger partial charge in [0.15, 0.2) is 5.54 Å². The molecule has 9 heteroatoms. The highest BCUT2D eigenvalue weighted by atomic mass is 79.9. The number of hydrogen-bond donors (Lipinski definition) is 2. The van der Waals surface area contributed by atoms with Gasteiger partial charge < -0.3 is 24.6 Å². The van der Waals surface area contributed by atoms with Crippen molar-refractivity contribution < 1.29 is 28.9 Å². The van der Waals surface area contributed by atoms with Crippen molar-refractivity contribution in [2.24, 2.45) is 4.99 Å². The maximum absolute atomic E-state index is 13.4. The van der Waals surface area contributed by atoms with Gasteiger partial charge in [0.25, 0.3) is 5.91 Å². The van der Waals surface area contributed by atoms with Crippen LogP contribution in [-0.4, -0.2) is 60.4 Å². The van der Waals surface area contributed by atoms with Gasteiger partial charge in [0.2, 0.25) is 5.90 Å². The SMILES string of the molecule is CC(C)(C)OC(=O)CC[C@]1(C(=O)NCCc2ccc(Br)cc2)COC(c2ccc(OCCCO)cc2)=N1. The van der Waals surface area contributed by atoms with Crippen LogP contribution in [0, 0.1) is 0 Å². The van der Waals surface area contributed by atoms with Crippen LogP contribution < -0.4 is 10.1 Å². The Bertz CT molecular complexity index is 1080. The number of carbonyl (C=O) groups is 2. The molecule has 0 unspecified atom stereocenters. The third-order valence-electron chi connectivity index (χ3n) is 5.63. The first kappa shape index (κ1) is 28.7. The first-order chi connectivity index (χ1) is 17.6. The minimum absolute atomic E-state index is 0.0317.